The molecule has 0 aliphatic rings. The van der Waals surface area contributed by atoms with E-state index in [1.807, 2.05) is 60.7 Å². The van der Waals surface area contributed by atoms with Crippen LogP contribution in [-0.4, -0.2) is 29.1 Å². The lowest BCUT2D eigenvalue weighted by atomic mass is 10.0. The van der Waals surface area contributed by atoms with Gasteiger partial charge in [0.1, 0.15) is 0 Å². The highest BCUT2D eigenvalue weighted by molar-refractivity contribution is 6.12. The van der Waals surface area contributed by atoms with Crippen LogP contribution in [0.15, 0.2) is 243 Å². The van der Waals surface area contributed by atoms with Gasteiger partial charge in [0.15, 0.2) is 11.6 Å². The molecule has 0 N–H and O–H groups in total. The van der Waals surface area contributed by atoms with Gasteiger partial charge < -0.3 is 9.13 Å². The Balaban J connectivity index is 1.11. The molecule has 68 heavy (non-hydrogen) atoms. The van der Waals surface area contributed by atoms with Crippen LogP contribution in [0, 0.1) is 0 Å². The fraction of sp³-hybridized carbons (Fsp3) is 0. The Kier molecular flexibility index (Phi) is 9.39. The number of rotatable bonds is 8. The van der Waals surface area contributed by atoms with Crippen LogP contribution < -0.4 is 0 Å². The molecule has 0 aliphatic carbocycles. The number of para-hydroxylation sites is 3. The Morgan fingerprint density at radius 3 is 1.16 bits per heavy atom. The maximum atomic E-state index is 5.45. The van der Waals surface area contributed by atoms with Crippen molar-refractivity contribution in [3.05, 3.63) is 243 Å². The Morgan fingerprint density at radius 2 is 0.647 bits per heavy atom. The third-order valence-corrected chi connectivity index (χ3v) is 13.0. The average molecular weight is 869 g/mol. The summed E-state index contributed by atoms with van der Waals surface area (Å²) in [6.45, 7) is 0. The fourth-order valence-electron chi connectivity index (χ4n) is 9.78. The minimum absolute atomic E-state index is 0.620. The van der Waals surface area contributed by atoms with Crippen molar-refractivity contribution in [2.75, 3.05) is 0 Å². The molecule has 4 heterocycles. The van der Waals surface area contributed by atoms with E-state index in [2.05, 4.69) is 191 Å². The van der Waals surface area contributed by atoms with Crippen molar-refractivity contribution in [3.63, 3.8) is 0 Å². The average Bonchev–Trinajstić information content (AvgIpc) is 3.94. The monoisotopic (exact) mass is 868 g/mol. The molecule has 0 bridgehead atoms. The number of aromatic nitrogens is 6. The molecule has 6 heteroatoms. The van der Waals surface area contributed by atoms with Crippen molar-refractivity contribution in [2.24, 2.45) is 0 Å². The van der Waals surface area contributed by atoms with Gasteiger partial charge in [0, 0.05) is 60.6 Å². The molecule has 0 atom stereocenters. The van der Waals surface area contributed by atoms with E-state index in [4.69, 9.17) is 19.9 Å². The summed E-state index contributed by atoms with van der Waals surface area (Å²) >= 11 is 0. The molecule has 0 spiro atoms. The van der Waals surface area contributed by atoms with E-state index >= 15 is 0 Å². The Morgan fingerprint density at radius 1 is 0.250 bits per heavy atom. The van der Waals surface area contributed by atoms with Crippen molar-refractivity contribution in [1.82, 2.24) is 29.1 Å². The molecule has 0 radical (unpaired) electrons. The van der Waals surface area contributed by atoms with Crippen molar-refractivity contribution in [1.29, 1.82) is 0 Å². The summed E-state index contributed by atoms with van der Waals surface area (Å²) < 4.78 is 4.80. The van der Waals surface area contributed by atoms with E-state index in [1.54, 1.807) is 0 Å². The fourth-order valence-corrected chi connectivity index (χ4v) is 9.78. The number of benzene rings is 9. The zero-order valence-corrected chi connectivity index (χ0v) is 36.8. The maximum absolute atomic E-state index is 5.45. The Hall–Kier alpha value is -9.26. The highest BCUT2D eigenvalue weighted by Crippen LogP contribution is 2.41. The second kappa shape index (κ2) is 16.3. The molecule has 4 aromatic heterocycles. The molecular formula is C62H40N6. The topological polar surface area (TPSA) is 61.4 Å². The molecule has 0 saturated heterocycles. The lowest BCUT2D eigenvalue weighted by Crippen LogP contribution is -2.03. The molecule has 0 fully saturated rings. The summed E-state index contributed by atoms with van der Waals surface area (Å²) in [5.74, 6) is 1.26. The van der Waals surface area contributed by atoms with Crippen LogP contribution in [-0.2, 0) is 0 Å². The predicted octanol–water partition coefficient (Wildman–Crippen LogP) is 15.5. The molecule has 318 valence electrons. The Labute approximate surface area is 392 Å². The van der Waals surface area contributed by atoms with Crippen molar-refractivity contribution in [3.8, 4) is 79.2 Å². The van der Waals surface area contributed by atoms with Crippen LogP contribution in [0.4, 0.5) is 0 Å². The largest absolute Gasteiger partial charge is 0.309 e. The van der Waals surface area contributed by atoms with Gasteiger partial charge in [-0.05, 0) is 60.7 Å². The first-order valence-electron chi connectivity index (χ1n) is 22.9. The van der Waals surface area contributed by atoms with Crippen LogP contribution in [0.1, 0.15) is 0 Å². The van der Waals surface area contributed by atoms with Crippen molar-refractivity contribution in [2.45, 2.75) is 0 Å². The van der Waals surface area contributed by atoms with Crippen LogP contribution >= 0.6 is 0 Å². The number of fused-ring (bicyclic) bond motifs is 6. The highest BCUT2D eigenvalue weighted by Gasteiger charge is 2.22. The summed E-state index contributed by atoms with van der Waals surface area (Å²) in [6, 6.07) is 85.0. The van der Waals surface area contributed by atoms with Crippen LogP contribution in [0.2, 0.25) is 0 Å². The van der Waals surface area contributed by atoms with E-state index in [-0.39, 0.29) is 0 Å². The van der Waals surface area contributed by atoms with Gasteiger partial charge >= 0.3 is 0 Å². The van der Waals surface area contributed by atoms with Crippen LogP contribution in [0.3, 0.4) is 0 Å². The number of nitrogens with zero attached hydrogens (tertiary/aromatic N) is 6. The van der Waals surface area contributed by atoms with E-state index in [0.29, 0.717) is 11.6 Å². The molecule has 0 amide bonds. The molecule has 0 saturated carbocycles. The zero-order valence-electron chi connectivity index (χ0n) is 36.8. The first-order chi connectivity index (χ1) is 33.7. The van der Waals surface area contributed by atoms with Gasteiger partial charge in [-0.1, -0.05) is 182 Å². The summed E-state index contributed by atoms with van der Waals surface area (Å²) in [7, 11) is 0. The first-order valence-corrected chi connectivity index (χ1v) is 22.9. The summed E-state index contributed by atoms with van der Waals surface area (Å²) in [5, 5.41) is 4.77. The normalized spacial score (nSPS) is 11.5. The van der Waals surface area contributed by atoms with Crippen molar-refractivity contribution >= 4 is 43.6 Å². The maximum Gasteiger partial charge on any atom is 0.160 e. The van der Waals surface area contributed by atoms with E-state index in [0.717, 1.165) is 100 Å². The number of hydrogen-bond donors (Lipinski definition) is 0. The molecule has 13 rings (SSSR count). The standard InChI is InChI=1S/C62H40N6/c1-5-19-41(20-6-1)52-39-53(42-21-7-2-8-22-42)65-62(64-52)45-33-36-59(51(37-45)55-40-54(43-23-9-3-10-24-43)63-61(66-55)44-25-11-4-12-26-44)68-58-32-18-15-29-49(58)50-35-34-46(38-60(50)68)67-56-30-16-13-27-47(56)48-28-14-17-31-57(48)67/h1-40H. The molecule has 0 unspecified atom stereocenters. The van der Waals surface area contributed by atoms with Gasteiger partial charge in [0.05, 0.1) is 50.5 Å². The van der Waals surface area contributed by atoms with Gasteiger partial charge in [0.25, 0.3) is 0 Å². The van der Waals surface area contributed by atoms with E-state index in [1.165, 1.54) is 10.8 Å². The second-order valence-electron chi connectivity index (χ2n) is 17.0. The summed E-state index contributed by atoms with van der Waals surface area (Å²) in [4.78, 5) is 21.2. The molecule has 9 aromatic carbocycles. The Bertz CT molecular complexity index is 3840. The lowest BCUT2D eigenvalue weighted by Gasteiger charge is -2.17. The minimum atomic E-state index is 0.620. The second-order valence-corrected chi connectivity index (χ2v) is 17.0. The third-order valence-electron chi connectivity index (χ3n) is 13.0. The summed E-state index contributed by atoms with van der Waals surface area (Å²) in [6.07, 6.45) is 0. The first kappa shape index (κ1) is 39.1. The van der Waals surface area contributed by atoms with E-state index in [9.17, 15) is 0 Å². The van der Waals surface area contributed by atoms with Gasteiger partial charge in [-0.3, -0.25) is 0 Å². The molecular weight excluding hydrogens is 829 g/mol. The van der Waals surface area contributed by atoms with E-state index < -0.39 is 0 Å². The van der Waals surface area contributed by atoms with Crippen molar-refractivity contribution < 1.29 is 0 Å². The highest BCUT2D eigenvalue weighted by atomic mass is 15.0. The quantitative estimate of drug-likeness (QED) is 0.153. The lowest BCUT2D eigenvalue weighted by molar-refractivity contribution is 1.14. The molecule has 0 aliphatic heterocycles. The zero-order chi connectivity index (χ0) is 45.0. The van der Waals surface area contributed by atoms with Crippen LogP contribution in [0.25, 0.3) is 123 Å². The molecule has 6 nitrogen and oxygen atoms in total. The predicted molar refractivity (Wildman–Crippen MR) is 279 cm³/mol. The molecule has 13 aromatic rings. The van der Waals surface area contributed by atoms with Crippen LogP contribution in [0.5, 0.6) is 0 Å². The smallest absolute Gasteiger partial charge is 0.160 e. The van der Waals surface area contributed by atoms with Gasteiger partial charge in [-0.15, -0.1) is 0 Å². The minimum Gasteiger partial charge on any atom is -0.309 e. The SMILES string of the molecule is c1ccc(-c2cc(-c3ccccc3)nc(-c3ccc(-n4c5ccccc5c5ccc(-n6c7ccccc7c7ccccc76)cc54)c(-c4cc(-c5ccccc5)nc(-c5ccccc5)n4)c3)n2)cc1. The van der Waals surface area contributed by atoms with Gasteiger partial charge in [-0.25, -0.2) is 19.9 Å². The summed E-state index contributed by atoms with van der Waals surface area (Å²) in [5.41, 5.74) is 15.6. The third kappa shape index (κ3) is 6.74. The van der Waals surface area contributed by atoms with Gasteiger partial charge in [-0.2, -0.15) is 0 Å². The number of hydrogen-bond acceptors (Lipinski definition) is 4. The van der Waals surface area contributed by atoms with Gasteiger partial charge in [0.2, 0.25) is 0 Å².